The number of hydrogen-bond acceptors (Lipinski definition) is 3. The van der Waals surface area contributed by atoms with E-state index in [1.165, 1.54) is 12.1 Å². The van der Waals surface area contributed by atoms with Crippen LogP contribution >= 0.6 is 81.2 Å². The number of hydrogen-bond donors (Lipinski definition) is 3. The van der Waals surface area contributed by atoms with Gasteiger partial charge >= 0.3 is 0 Å². The highest BCUT2D eigenvalue weighted by molar-refractivity contribution is 6.45. The monoisotopic (exact) mass is 560 g/mol. The van der Waals surface area contributed by atoms with Crippen LogP contribution < -0.4 is 0 Å². The number of phenolic OH excluding ortho intramolecular Hbond substituents is 3. The third kappa shape index (κ3) is 6.11. The first-order valence-corrected chi connectivity index (χ1v) is 11.2. The Bertz CT molecular complexity index is 1010. The van der Waals surface area contributed by atoms with E-state index in [1.807, 2.05) is 13.8 Å². The Balaban J connectivity index is 0.000000285. The molecule has 10 heteroatoms. The minimum Gasteiger partial charge on any atom is -0.508 e. The van der Waals surface area contributed by atoms with Crippen molar-refractivity contribution in [3.8, 4) is 17.2 Å². The molecule has 3 rings (SSSR count). The summed E-state index contributed by atoms with van der Waals surface area (Å²) >= 11 is 41.5. The Morgan fingerprint density at radius 3 is 1.26 bits per heavy atom. The van der Waals surface area contributed by atoms with Gasteiger partial charge in [-0.1, -0.05) is 81.2 Å². The Morgan fingerprint density at radius 2 is 0.903 bits per heavy atom. The van der Waals surface area contributed by atoms with Gasteiger partial charge in [-0.25, -0.2) is 0 Å². The van der Waals surface area contributed by atoms with Gasteiger partial charge in [-0.05, 0) is 49.2 Å². The van der Waals surface area contributed by atoms with Gasteiger partial charge in [-0.2, -0.15) is 0 Å². The maximum Gasteiger partial charge on any atom is 0.139 e. The van der Waals surface area contributed by atoms with Crippen LogP contribution in [0.5, 0.6) is 17.2 Å². The van der Waals surface area contributed by atoms with Crippen LogP contribution in [-0.4, -0.2) is 15.3 Å². The Hall–Kier alpha value is -0.910. The normalized spacial score (nSPS) is 10.6. The number of rotatable bonds is 2. The number of aryl methyl sites for hydroxylation is 2. The van der Waals surface area contributed by atoms with Gasteiger partial charge in [-0.3, -0.25) is 0 Å². The number of halogens is 7. The summed E-state index contributed by atoms with van der Waals surface area (Å²) in [6.45, 7) is 3.74. The number of aromatic hydroxyl groups is 3. The van der Waals surface area contributed by atoms with Gasteiger partial charge in [0.05, 0.1) is 30.1 Å². The van der Waals surface area contributed by atoms with Gasteiger partial charge < -0.3 is 15.3 Å². The molecule has 0 unspecified atom stereocenters. The molecule has 0 saturated carbocycles. The van der Waals surface area contributed by atoms with E-state index in [0.29, 0.717) is 0 Å². The van der Waals surface area contributed by atoms with Crippen molar-refractivity contribution in [3.05, 3.63) is 81.7 Å². The first kappa shape index (κ1) is 26.3. The van der Waals surface area contributed by atoms with Gasteiger partial charge in [0.1, 0.15) is 17.2 Å². The first-order chi connectivity index (χ1) is 14.3. The van der Waals surface area contributed by atoms with Crippen molar-refractivity contribution >= 4 is 81.2 Å². The predicted octanol–water partition coefficient (Wildman–Crippen LogP) is 9.27. The SMILES string of the molecule is Cc1cc(O)cc(C)c1Cl.Oc1c(Cl)cc(Cl)c(Cl)c1Cc1c(O)c(Cl)cc(Cl)c1Cl. The molecule has 0 aliphatic carbocycles. The highest BCUT2D eigenvalue weighted by Gasteiger charge is 2.21. The van der Waals surface area contributed by atoms with Crippen LogP contribution in [0.3, 0.4) is 0 Å². The van der Waals surface area contributed by atoms with E-state index in [2.05, 4.69) is 0 Å². The smallest absolute Gasteiger partial charge is 0.139 e. The lowest BCUT2D eigenvalue weighted by molar-refractivity contribution is 0.463. The molecule has 0 aromatic heterocycles. The highest BCUT2D eigenvalue weighted by Crippen LogP contribution is 2.44. The van der Waals surface area contributed by atoms with E-state index >= 15 is 0 Å². The van der Waals surface area contributed by atoms with Crippen LogP contribution in [0, 0.1) is 13.8 Å². The molecule has 0 heterocycles. The zero-order valence-corrected chi connectivity index (χ0v) is 21.3. The number of benzene rings is 3. The molecule has 31 heavy (non-hydrogen) atoms. The zero-order valence-electron chi connectivity index (χ0n) is 16.0. The van der Waals surface area contributed by atoms with Gasteiger partial charge in [0.25, 0.3) is 0 Å². The maximum atomic E-state index is 10.0. The van der Waals surface area contributed by atoms with E-state index in [9.17, 15) is 10.2 Å². The molecule has 0 spiro atoms. The van der Waals surface area contributed by atoms with Crippen molar-refractivity contribution in [1.82, 2.24) is 0 Å². The van der Waals surface area contributed by atoms with Crippen LogP contribution in [0.4, 0.5) is 0 Å². The molecular weight excluding hydrogens is 548 g/mol. The largest absolute Gasteiger partial charge is 0.508 e. The van der Waals surface area contributed by atoms with Crippen molar-refractivity contribution < 1.29 is 15.3 Å². The average Bonchev–Trinajstić information content (AvgIpc) is 2.69. The second-order valence-corrected chi connectivity index (χ2v) is 9.30. The molecule has 0 atom stereocenters. The van der Waals surface area contributed by atoms with Crippen molar-refractivity contribution in [2.45, 2.75) is 20.3 Å². The van der Waals surface area contributed by atoms with E-state index in [0.717, 1.165) is 16.1 Å². The van der Waals surface area contributed by atoms with E-state index < -0.39 is 0 Å². The topological polar surface area (TPSA) is 60.7 Å². The Morgan fingerprint density at radius 1 is 0.548 bits per heavy atom. The summed E-state index contributed by atoms with van der Waals surface area (Å²) in [6, 6.07) is 5.93. The second kappa shape index (κ2) is 10.8. The fourth-order valence-electron chi connectivity index (χ4n) is 2.69. The van der Waals surface area contributed by atoms with Gasteiger partial charge in [0, 0.05) is 22.6 Å². The minimum atomic E-state index is -0.252. The molecule has 3 aromatic rings. The third-order valence-electron chi connectivity index (χ3n) is 4.26. The minimum absolute atomic E-state index is 0.0307. The molecule has 0 radical (unpaired) electrons. The molecular formula is C21H15Cl7O3. The highest BCUT2D eigenvalue weighted by atomic mass is 35.5. The molecule has 166 valence electrons. The molecule has 0 bridgehead atoms. The van der Waals surface area contributed by atoms with E-state index in [-0.39, 0.29) is 64.9 Å². The summed E-state index contributed by atoms with van der Waals surface area (Å²) in [7, 11) is 0. The molecule has 3 N–H and O–H groups in total. The van der Waals surface area contributed by atoms with Crippen LogP contribution in [-0.2, 0) is 6.42 Å². The summed E-state index contributed by atoms with van der Waals surface area (Å²) < 4.78 is 0. The summed E-state index contributed by atoms with van der Waals surface area (Å²) in [5.74, 6) is -0.227. The molecule has 0 aliphatic rings. The van der Waals surface area contributed by atoms with Crippen LogP contribution in [0.2, 0.25) is 35.2 Å². The van der Waals surface area contributed by atoms with Gasteiger partial charge in [0.2, 0.25) is 0 Å². The van der Waals surface area contributed by atoms with Crippen molar-refractivity contribution in [1.29, 1.82) is 0 Å². The van der Waals surface area contributed by atoms with Crippen molar-refractivity contribution in [3.63, 3.8) is 0 Å². The molecule has 3 nitrogen and oxygen atoms in total. The number of phenols is 3. The molecule has 0 amide bonds. The third-order valence-corrected chi connectivity index (χ3v) is 7.08. The van der Waals surface area contributed by atoms with Gasteiger partial charge in [0.15, 0.2) is 0 Å². The summed E-state index contributed by atoms with van der Waals surface area (Å²) in [6.07, 6.45) is -0.0457. The quantitative estimate of drug-likeness (QED) is 0.272. The fraction of sp³-hybridized carbons (Fsp3) is 0.143. The standard InChI is InChI=1S/C13H6Cl6O2.C8H9ClO/c14-6-2-8(16)12(20)4(10(6)18)1-5-11(19)7(15)3-9(17)13(5)21;1-5-3-7(10)4-6(2)8(5)9/h2-3,20-21H,1H2;3-4,10H,1-2H3. The summed E-state index contributed by atoms with van der Waals surface area (Å²) in [5, 5.41) is 30.4. The molecule has 3 aromatic carbocycles. The summed E-state index contributed by atoms with van der Waals surface area (Å²) in [4.78, 5) is 0. The lowest BCUT2D eigenvalue weighted by Crippen LogP contribution is -1.95. The lowest BCUT2D eigenvalue weighted by atomic mass is 10.0. The van der Waals surface area contributed by atoms with Crippen molar-refractivity contribution in [2.24, 2.45) is 0 Å². The predicted molar refractivity (Wildman–Crippen MR) is 132 cm³/mol. The average molecular weight is 564 g/mol. The first-order valence-electron chi connectivity index (χ1n) is 8.51. The molecule has 0 saturated heterocycles. The van der Waals surface area contributed by atoms with Crippen LogP contribution in [0.25, 0.3) is 0 Å². The van der Waals surface area contributed by atoms with E-state index in [1.54, 1.807) is 12.1 Å². The van der Waals surface area contributed by atoms with Crippen LogP contribution in [0.1, 0.15) is 22.3 Å². The van der Waals surface area contributed by atoms with E-state index in [4.69, 9.17) is 86.3 Å². The Kier molecular flexibility index (Phi) is 9.18. The molecule has 0 fully saturated rings. The maximum absolute atomic E-state index is 10.0. The Labute approximate surface area is 214 Å². The second-order valence-electron chi connectivity index (χ2n) is 6.53. The lowest BCUT2D eigenvalue weighted by Gasteiger charge is -2.14. The van der Waals surface area contributed by atoms with Crippen molar-refractivity contribution in [2.75, 3.05) is 0 Å². The molecule has 0 aliphatic heterocycles. The van der Waals surface area contributed by atoms with Gasteiger partial charge in [-0.15, -0.1) is 0 Å². The van der Waals surface area contributed by atoms with Crippen LogP contribution in [0.15, 0.2) is 24.3 Å². The fourth-order valence-corrected chi connectivity index (χ4v) is 4.23. The summed E-state index contributed by atoms with van der Waals surface area (Å²) in [5.41, 5.74) is 2.26. The zero-order chi connectivity index (χ0) is 23.6.